The number of nitrogens with one attached hydrogen (secondary N) is 1. The molecule has 8 nitrogen and oxygen atoms in total. The molecule has 33 heavy (non-hydrogen) atoms. The number of allylic oxidation sites excluding steroid dienone is 3. The van der Waals surface area contributed by atoms with Crippen LogP contribution in [0.1, 0.15) is 44.1 Å². The summed E-state index contributed by atoms with van der Waals surface area (Å²) in [6.07, 6.45) is 10.3. The minimum absolute atomic E-state index is 0.108. The molecule has 1 aromatic rings. The number of aryl methyl sites for hydroxylation is 1. The van der Waals surface area contributed by atoms with Gasteiger partial charge in [0.05, 0.1) is 24.2 Å². The largest absolute Gasteiger partial charge is 0.411 e. The zero-order chi connectivity index (χ0) is 24.3. The van der Waals surface area contributed by atoms with Crippen LogP contribution in [0.4, 0.5) is 0 Å². The summed E-state index contributed by atoms with van der Waals surface area (Å²) in [5.74, 6) is -0.989. The van der Waals surface area contributed by atoms with E-state index in [2.05, 4.69) is 5.16 Å². The number of aliphatic hydroxyl groups is 2. The summed E-state index contributed by atoms with van der Waals surface area (Å²) in [4.78, 5) is 11.5. The second-order valence-electron chi connectivity index (χ2n) is 8.43. The first-order valence-corrected chi connectivity index (χ1v) is 13.0. The number of unbranched alkanes of at least 4 members (excludes halogenated alkanes) is 1. The molecule has 1 fully saturated rings. The standard InChI is InChI=1S/C24H34N2O6S/c1-33(31,32)26-24(29)12-8-3-2-7-11-21-20(22(25-30)17-23(21)28)16-15-19(27)14-13-18-9-5-4-6-10-18/h2,4-7,9-10,15-16,19-21,23,27-28,30H,3,8,11-14,17H2,1H3,(H,26,29)/b7-2-,16-15+,25-22-/t19?,20-,21-,23+/m1/s1. The van der Waals surface area contributed by atoms with Crippen LogP contribution in [0, 0.1) is 11.8 Å². The molecule has 1 saturated carbocycles. The van der Waals surface area contributed by atoms with Crippen LogP contribution in [-0.4, -0.2) is 53.9 Å². The number of hydrogen-bond acceptors (Lipinski definition) is 7. The van der Waals surface area contributed by atoms with Gasteiger partial charge in [-0.25, -0.2) is 8.42 Å². The number of oxime groups is 1. The monoisotopic (exact) mass is 478 g/mol. The maximum Gasteiger partial charge on any atom is 0.233 e. The van der Waals surface area contributed by atoms with E-state index in [-0.39, 0.29) is 24.7 Å². The third-order valence-electron chi connectivity index (χ3n) is 5.65. The Labute approximate surface area is 195 Å². The van der Waals surface area contributed by atoms with E-state index in [1.165, 1.54) is 0 Å². The van der Waals surface area contributed by atoms with Gasteiger partial charge < -0.3 is 15.4 Å². The van der Waals surface area contributed by atoms with Gasteiger partial charge in [-0.05, 0) is 37.7 Å². The van der Waals surface area contributed by atoms with Gasteiger partial charge in [-0.1, -0.05) is 59.8 Å². The van der Waals surface area contributed by atoms with Gasteiger partial charge in [0, 0.05) is 24.7 Å². The smallest absolute Gasteiger partial charge is 0.233 e. The highest BCUT2D eigenvalue weighted by Gasteiger charge is 2.38. The lowest BCUT2D eigenvalue weighted by molar-refractivity contribution is -0.119. The van der Waals surface area contributed by atoms with Gasteiger partial charge in [-0.3, -0.25) is 9.52 Å². The minimum atomic E-state index is -3.53. The predicted molar refractivity (Wildman–Crippen MR) is 127 cm³/mol. The third-order valence-corrected chi connectivity index (χ3v) is 6.25. The molecule has 0 heterocycles. The molecular formula is C24H34N2O6S. The quantitative estimate of drug-likeness (QED) is 0.158. The first-order chi connectivity index (χ1) is 15.7. The molecule has 0 spiro atoms. The second-order valence-corrected chi connectivity index (χ2v) is 10.2. The number of rotatable bonds is 12. The molecular weight excluding hydrogens is 444 g/mol. The van der Waals surface area contributed by atoms with Crippen molar-refractivity contribution in [3.63, 3.8) is 0 Å². The lowest BCUT2D eigenvalue weighted by Gasteiger charge is -2.18. The van der Waals surface area contributed by atoms with Gasteiger partial charge in [0.25, 0.3) is 0 Å². The molecule has 9 heteroatoms. The summed E-state index contributed by atoms with van der Waals surface area (Å²) < 4.78 is 24.0. The molecule has 182 valence electrons. The Morgan fingerprint density at radius 3 is 2.67 bits per heavy atom. The topological polar surface area (TPSA) is 136 Å². The number of benzene rings is 1. The van der Waals surface area contributed by atoms with Crippen molar-refractivity contribution >= 4 is 21.6 Å². The molecule has 0 aliphatic heterocycles. The van der Waals surface area contributed by atoms with Crippen molar-refractivity contribution in [2.75, 3.05) is 6.26 Å². The van der Waals surface area contributed by atoms with Crippen molar-refractivity contribution in [2.24, 2.45) is 17.0 Å². The highest BCUT2D eigenvalue weighted by molar-refractivity contribution is 7.89. The zero-order valence-electron chi connectivity index (χ0n) is 18.9. The Morgan fingerprint density at radius 1 is 1.27 bits per heavy atom. The molecule has 1 unspecified atom stereocenters. The summed E-state index contributed by atoms with van der Waals surface area (Å²) in [6, 6.07) is 9.90. The lowest BCUT2D eigenvalue weighted by Crippen LogP contribution is -2.28. The number of carbonyl (C=O) groups excluding carboxylic acids is 1. The molecule has 1 aromatic carbocycles. The summed E-state index contributed by atoms with van der Waals surface area (Å²) in [7, 11) is -3.53. The fourth-order valence-corrected chi connectivity index (χ4v) is 4.48. The van der Waals surface area contributed by atoms with Crippen LogP contribution in [-0.2, 0) is 21.2 Å². The zero-order valence-corrected chi connectivity index (χ0v) is 19.7. The summed E-state index contributed by atoms with van der Waals surface area (Å²) in [5.41, 5.74) is 1.64. The van der Waals surface area contributed by atoms with Gasteiger partial charge in [0.15, 0.2) is 0 Å². The lowest BCUT2D eigenvalue weighted by atomic mass is 9.89. The predicted octanol–water partition coefficient (Wildman–Crippen LogP) is 2.56. The van der Waals surface area contributed by atoms with E-state index < -0.39 is 28.1 Å². The summed E-state index contributed by atoms with van der Waals surface area (Å²) in [6.45, 7) is 0. The molecule has 0 radical (unpaired) electrons. The average Bonchev–Trinajstić information content (AvgIpc) is 3.07. The molecule has 1 amide bonds. The third kappa shape index (κ3) is 9.89. The number of nitrogens with zero attached hydrogens (tertiary/aromatic N) is 1. The van der Waals surface area contributed by atoms with E-state index in [1.54, 1.807) is 6.08 Å². The van der Waals surface area contributed by atoms with E-state index in [0.717, 1.165) is 18.2 Å². The SMILES string of the molecule is CS(=O)(=O)NC(=O)CCC/C=C\C[C@H]1[C@@H](O)C/C(=N/O)[C@@H]1/C=C/C(O)CCc1ccccc1. The van der Waals surface area contributed by atoms with Gasteiger partial charge in [-0.2, -0.15) is 0 Å². The number of aliphatic hydroxyl groups excluding tert-OH is 2. The number of sulfonamides is 1. The molecule has 4 atom stereocenters. The van der Waals surface area contributed by atoms with Crippen LogP contribution in [0.5, 0.6) is 0 Å². The van der Waals surface area contributed by atoms with Crippen molar-refractivity contribution in [1.29, 1.82) is 0 Å². The van der Waals surface area contributed by atoms with Gasteiger partial charge in [-0.15, -0.1) is 0 Å². The second kappa shape index (κ2) is 13.3. The van der Waals surface area contributed by atoms with Crippen molar-refractivity contribution in [2.45, 2.75) is 57.2 Å². The fourth-order valence-electron chi connectivity index (χ4n) is 3.97. The van der Waals surface area contributed by atoms with Crippen LogP contribution in [0.2, 0.25) is 0 Å². The minimum Gasteiger partial charge on any atom is -0.411 e. The summed E-state index contributed by atoms with van der Waals surface area (Å²) >= 11 is 0. The van der Waals surface area contributed by atoms with E-state index in [9.17, 15) is 28.6 Å². The van der Waals surface area contributed by atoms with Crippen LogP contribution in [0.3, 0.4) is 0 Å². The molecule has 4 N–H and O–H groups in total. The Bertz CT molecular complexity index is 943. The maximum absolute atomic E-state index is 11.5. The molecule has 0 saturated heterocycles. The summed E-state index contributed by atoms with van der Waals surface area (Å²) in [5, 5.41) is 33.5. The van der Waals surface area contributed by atoms with Crippen LogP contribution < -0.4 is 4.72 Å². The Hall–Kier alpha value is -2.49. The van der Waals surface area contributed by atoms with E-state index >= 15 is 0 Å². The highest BCUT2D eigenvalue weighted by Crippen LogP contribution is 2.34. The van der Waals surface area contributed by atoms with Crippen LogP contribution in [0.15, 0.2) is 59.8 Å². The Kier molecular flexibility index (Phi) is 10.8. The number of amides is 1. The van der Waals surface area contributed by atoms with Gasteiger partial charge in [0.1, 0.15) is 0 Å². The highest BCUT2D eigenvalue weighted by atomic mass is 32.2. The first kappa shape index (κ1) is 26.8. The molecule has 1 aliphatic rings. The fraction of sp³-hybridized carbons (Fsp3) is 0.500. The molecule has 0 aromatic heterocycles. The van der Waals surface area contributed by atoms with Crippen molar-refractivity contribution < 1.29 is 28.6 Å². The number of carbonyl (C=O) groups is 1. The molecule has 2 rings (SSSR count). The van der Waals surface area contributed by atoms with Crippen LogP contribution >= 0.6 is 0 Å². The Balaban J connectivity index is 1.84. The van der Waals surface area contributed by atoms with Crippen molar-refractivity contribution in [1.82, 2.24) is 4.72 Å². The molecule has 1 aliphatic carbocycles. The molecule has 0 bridgehead atoms. The van der Waals surface area contributed by atoms with Crippen molar-refractivity contribution in [3.8, 4) is 0 Å². The maximum atomic E-state index is 11.5. The van der Waals surface area contributed by atoms with E-state index in [4.69, 9.17) is 0 Å². The van der Waals surface area contributed by atoms with Crippen LogP contribution in [0.25, 0.3) is 0 Å². The van der Waals surface area contributed by atoms with E-state index in [0.29, 0.717) is 31.4 Å². The Morgan fingerprint density at radius 2 is 2.00 bits per heavy atom. The average molecular weight is 479 g/mol. The van der Waals surface area contributed by atoms with E-state index in [1.807, 2.05) is 53.3 Å². The first-order valence-electron chi connectivity index (χ1n) is 11.1. The van der Waals surface area contributed by atoms with Crippen molar-refractivity contribution in [3.05, 3.63) is 60.2 Å². The van der Waals surface area contributed by atoms with Gasteiger partial charge in [0.2, 0.25) is 15.9 Å². The normalized spacial score (nSPS) is 23.5. The van der Waals surface area contributed by atoms with Gasteiger partial charge >= 0.3 is 0 Å². The number of hydrogen-bond donors (Lipinski definition) is 4.